The highest BCUT2D eigenvalue weighted by Crippen LogP contribution is 2.32. The quantitative estimate of drug-likeness (QED) is 0.772. The number of nitrogens with zero attached hydrogens (tertiary/aromatic N) is 2. The number of halogens is 2. The normalized spacial score (nSPS) is 10.5. The van der Waals surface area contributed by atoms with Crippen LogP contribution in [0.4, 0.5) is 0 Å². The molecule has 0 atom stereocenters. The van der Waals surface area contributed by atoms with E-state index in [2.05, 4.69) is 36.8 Å². The van der Waals surface area contributed by atoms with Crippen molar-refractivity contribution >= 4 is 49.0 Å². The summed E-state index contributed by atoms with van der Waals surface area (Å²) in [5, 5.41) is 0. The summed E-state index contributed by atoms with van der Waals surface area (Å²) >= 11 is 8.04. The van der Waals surface area contributed by atoms with E-state index in [0.29, 0.717) is 5.56 Å². The minimum absolute atomic E-state index is 0.00551. The van der Waals surface area contributed by atoms with E-state index in [1.165, 1.54) is 34.5 Å². The molecular formula is C10H6Br2N2O2S. The predicted molar refractivity (Wildman–Crippen MR) is 72.5 cm³/mol. The van der Waals surface area contributed by atoms with Gasteiger partial charge < -0.3 is 0 Å². The van der Waals surface area contributed by atoms with Crippen molar-refractivity contribution < 1.29 is 4.79 Å². The van der Waals surface area contributed by atoms with E-state index in [1.807, 2.05) is 0 Å². The van der Waals surface area contributed by atoms with Gasteiger partial charge in [0.05, 0.1) is 20.4 Å². The number of thiophene rings is 1. The van der Waals surface area contributed by atoms with Crippen LogP contribution < -0.4 is 5.56 Å². The van der Waals surface area contributed by atoms with Crippen LogP contribution in [0, 0.1) is 0 Å². The summed E-state index contributed by atoms with van der Waals surface area (Å²) in [6.07, 6.45) is 2.76. The molecule has 88 valence electrons. The van der Waals surface area contributed by atoms with Gasteiger partial charge in [-0.1, -0.05) is 0 Å². The zero-order chi connectivity index (χ0) is 12.4. The maximum atomic E-state index is 12.0. The standard InChI is InChI=1S/C10H6Br2N2O2S/c11-8-3-6(10(12)17-8)7(15)4-14-5-13-2-1-9(14)16/h1-3,5H,4H2. The monoisotopic (exact) mass is 376 g/mol. The van der Waals surface area contributed by atoms with Gasteiger partial charge in [-0.3, -0.25) is 14.2 Å². The van der Waals surface area contributed by atoms with Gasteiger partial charge in [-0.2, -0.15) is 0 Å². The van der Waals surface area contributed by atoms with Gasteiger partial charge in [0, 0.05) is 17.8 Å². The molecule has 0 unspecified atom stereocenters. The summed E-state index contributed by atoms with van der Waals surface area (Å²) in [5.74, 6) is -0.131. The van der Waals surface area contributed by atoms with E-state index < -0.39 is 0 Å². The van der Waals surface area contributed by atoms with Crippen LogP contribution in [0.1, 0.15) is 10.4 Å². The third-order valence-corrected chi connectivity index (χ3v) is 4.40. The fourth-order valence-corrected chi connectivity index (χ4v) is 4.12. The van der Waals surface area contributed by atoms with Crippen molar-refractivity contribution in [2.75, 3.05) is 0 Å². The number of hydrogen-bond acceptors (Lipinski definition) is 4. The van der Waals surface area contributed by atoms with Gasteiger partial charge in [0.2, 0.25) is 0 Å². The topological polar surface area (TPSA) is 52.0 Å². The Labute approximate surface area is 118 Å². The van der Waals surface area contributed by atoms with Crippen LogP contribution in [-0.2, 0) is 6.54 Å². The third kappa shape index (κ3) is 2.91. The Balaban J connectivity index is 2.26. The van der Waals surface area contributed by atoms with Gasteiger partial charge in [0.1, 0.15) is 0 Å². The van der Waals surface area contributed by atoms with Gasteiger partial charge in [0.15, 0.2) is 5.78 Å². The Morgan fingerprint density at radius 1 is 1.47 bits per heavy atom. The second-order valence-electron chi connectivity index (χ2n) is 3.21. The lowest BCUT2D eigenvalue weighted by atomic mass is 10.2. The Morgan fingerprint density at radius 2 is 2.24 bits per heavy atom. The molecule has 0 aliphatic rings. The highest BCUT2D eigenvalue weighted by Gasteiger charge is 2.14. The van der Waals surface area contributed by atoms with Crippen LogP contribution in [0.5, 0.6) is 0 Å². The number of ketones is 1. The van der Waals surface area contributed by atoms with Crippen molar-refractivity contribution in [3.05, 3.63) is 48.1 Å². The Kier molecular flexibility index (Phi) is 3.90. The number of carbonyl (C=O) groups is 1. The van der Waals surface area contributed by atoms with Crippen molar-refractivity contribution in [2.45, 2.75) is 6.54 Å². The van der Waals surface area contributed by atoms with Crippen molar-refractivity contribution in [3.63, 3.8) is 0 Å². The average molecular weight is 378 g/mol. The highest BCUT2D eigenvalue weighted by atomic mass is 79.9. The van der Waals surface area contributed by atoms with Crippen LogP contribution in [0.25, 0.3) is 0 Å². The van der Waals surface area contributed by atoms with Crippen LogP contribution in [0.15, 0.2) is 37.0 Å². The number of hydrogen-bond donors (Lipinski definition) is 0. The molecule has 0 bridgehead atoms. The molecule has 17 heavy (non-hydrogen) atoms. The first-order valence-electron chi connectivity index (χ1n) is 4.56. The molecular weight excluding hydrogens is 372 g/mol. The van der Waals surface area contributed by atoms with E-state index in [1.54, 1.807) is 6.07 Å². The van der Waals surface area contributed by atoms with Crippen molar-refractivity contribution in [1.82, 2.24) is 9.55 Å². The molecule has 0 aliphatic heterocycles. The van der Waals surface area contributed by atoms with Crippen molar-refractivity contribution in [2.24, 2.45) is 0 Å². The maximum Gasteiger partial charge on any atom is 0.253 e. The fourth-order valence-electron chi connectivity index (χ4n) is 1.27. The lowest BCUT2D eigenvalue weighted by Crippen LogP contribution is -2.23. The first-order valence-corrected chi connectivity index (χ1v) is 6.96. The maximum absolute atomic E-state index is 12.0. The molecule has 2 rings (SSSR count). The van der Waals surface area contributed by atoms with Crippen molar-refractivity contribution in [3.8, 4) is 0 Å². The molecule has 0 fully saturated rings. The van der Waals surface area contributed by atoms with Gasteiger partial charge in [-0.25, -0.2) is 4.98 Å². The van der Waals surface area contributed by atoms with E-state index in [4.69, 9.17) is 0 Å². The molecule has 0 amide bonds. The van der Waals surface area contributed by atoms with Crippen LogP contribution in [-0.4, -0.2) is 15.3 Å². The van der Waals surface area contributed by atoms with E-state index in [0.717, 1.165) is 7.57 Å². The summed E-state index contributed by atoms with van der Waals surface area (Å²) in [6.45, 7) is -0.00551. The summed E-state index contributed by atoms with van der Waals surface area (Å²) in [7, 11) is 0. The average Bonchev–Trinajstić information content (AvgIpc) is 2.61. The van der Waals surface area contributed by atoms with Gasteiger partial charge in [0.25, 0.3) is 5.56 Å². The van der Waals surface area contributed by atoms with Crippen molar-refractivity contribution in [1.29, 1.82) is 0 Å². The predicted octanol–water partition coefficient (Wildman–Crippen LogP) is 2.71. The molecule has 2 aromatic heterocycles. The van der Waals surface area contributed by atoms with E-state index >= 15 is 0 Å². The second kappa shape index (κ2) is 5.24. The number of Topliss-reactive ketones (excluding diaryl/α,β-unsaturated/α-hetero) is 1. The molecule has 0 N–H and O–H groups in total. The molecule has 0 aromatic carbocycles. The molecule has 4 nitrogen and oxygen atoms in total. The summed E-state index contributed by atoms with van der Waals surface area (Å²) in [4.78, 5) is 27.2. The molecule has 0 saturated carbocycles. The number of aromatic nitrogens is 2. The summed E-state index contributed by atoms with van der Waals surface area (Å²) in [6, 6.07) is 3.06. The van der Waals surface area contributed by atoms with Crippen LogP contribution in [0.2, 0.25) is 0 Å². The molecule has 0 radical (unpaired) electrons. The van der Waals surface area contributed by atoms with Crippen LogP contribution >= 0.6 is 43.2 Å². The molecule has 0 spiro atoms. The molecule has 2 aromatic rings. The largest absolute Gasteiger partial charge is 0.292 e. The summed E-state index contributed by atoms with van der Waals surface area (Å²) in [5.41, 5.74) is 0.330. The Morgan fingerprint density at radius 3 is 2.82 bits per heavy atom. The van der Waals surface area contributed by atoms with E-state index in [9.17, 15) is 9.59 Å². The van der Waals surface area contributed by atoms with Gasteiger partial charge in [-0.05, 0) is 37.9 Å². The number of rotatable bonds is 3. The lowest BCUT2D eigenvalue weighted by molar-refractivity contribution is 0.0970. The highest BCUT2D eigenvalue weighted by molar-refractivity contribution is 9.12. The summed E-state index contributed by atoms with van der Waals surface area (Å²) < 4.78 is 2.90. The van der Waals surface area contributed by atoms with Gasteiger partial charge >= 0.3 is 0 Å². The molecule has 0 aliphatic carbocycles. The fraction of sp³-hybridized carbons (Fsp3) is 0.100. The van der Waals surface area contributed by atoms with Crippen LogP contribution in [0.3, 0.4) is 0 Å². The third-order valence-electron chi connectivity index (χ3n) is 2.06. The number of carbonyl (C=O) groups excluding carboxylic acids is 1. The lowest BCUT2D eigenvalue weighted by Gasteiger charge is -2.02. The molecule has 0 saturated heterocycles. The molecule has 2 heterocycles. The first-order chi connectivity index (χ1) is 8.08. The smallest absolute Gasteiger partial charge is 0.253 e. The second-order valence-corrected chi connectivity index (χ2v) is 6.96. The SMILES string of the molecule is O=C(Cn1cnccc1=O)c1cc(Br)sc1Br. The minimum Gasteiger partial charge on any atom is -0.292 e. The zero-order valence-corrected chi connectivity index (χ0v) is 12.4. The Bertz CT molecular complexity index is 621. The zero-order valence-electron chi connectivity index (χ0n) is 8.39. The first kappa shape index (κ1) is 12.7. The Hall–Kier alpha value is -0.790. The minimum atomic E-state index is -0.237. The molecule has 7 heteroatoms. The van der Waals surface area contributed by atoms with E-state index in [-0.39, 0.29) is 17.9 Å². The van der Waals surface area contributed by atoms with Gasteiger partial charge in [-0.15, -0.1) is 11.3 Å².